The number of hydrogen-bond donors (Lipinski definition) is 1. The van der Waals surface area contributed by atoms with Gasteiger partial charge in [-0.15, -0.1) is 0 Å². The summed E-state index contributed by atoms with van der Waals surface area (Å²) in [6.07, 6.45) is 2.20. The summed E-state index contributed by atoms with van der Waals surface area (Å²) in [6.45, 7) is -2.90. The molecule has 0 heterocycles. The predicted octanol–water partition coefficient (Wildman–Crippen LogP) is 4.74. The molecule has 3 rings (SSSR count). The maximum atomic E-state index is 12.9. The van der Waals surface area contributed by atoms with Gasteiger partial charge in [0.25, 0.3) is 10.0 Å². The maximum Gasteiger partial charge on any atom is 0.387 e. The monoisotopic (exact) mass is 428 g/mol. The summed E-state index contributed by atoms with van der Waals surface area (Å²) in [7, 11) is -0.262. The van der Waals surface area contributed by atoms with Crippen LogP contribution >= 0.6 is 11.6 Å². The molecule has 5 nitrogen and oxygen atoms in total. The smallest absolute Gasteiger partial charge is 0.387 e. The Morgan fingerprint density at radius 2 is 1.93 bits per heavy atom. The Morgan fingerprint density at radius 3 is 2.61 bits per heavy atom. The van der Waals surface area contributed by atoms with Crippen LogP contribution in [0, 0.1) is 0 Å². The number of rotatable bonds is 6. The van der Waals surface area contributed by atoms with Crippen molar-refractivity contribution in [2.24, 2.45) is 0 Å². The van der Waals surface area contributed by atoms with Gasteiger partial charge in [-0.1, -0.05) is 23.7 Å². The van der Waals surface area contributed by atoms with Crippen LogP contribution in [-0.4, -0.2) is 29.1 Å². The summed E-state index contributed by atoms with van der Waals surface area (Å²) in [5.74, 6) is 0.0566. The largest absolute Gasteiger partial charge is 0.435 e. The molecule has 1 aliphatic carbocycles. The molecule has 0 bridgehead atoms. The number of anilines is 2. The second-order valence-electron chi connectivity index (χ2n) is 6.49. The fourth-order valence-corrected chi connectivity index (χ4v) is 4.68. The Bertz CT molecular complexity index is 1020. The van der Waals surface area contributed by atoms with E-state index in [-0.39, 0.29) is 17.1 Å². The molecule has 0 aliphatic heterocycles. The highest BCUT2D eigenvalue weighted by Crippen LogP contribution is 2.35. The topological polar surface area (TPSA) is 58.6 Å². The molecule has 1 aliphatic rings. The highest BCUT2D eigenvalue weighted by Gasteiger charge is 2.24. The molecule has 0 amide bonds. The molecule has 9 heteroatoms. The number of hydrogen-bond acceptors (Lipinski definition) is 4. The van der Waals surface area contributed by atoms with E-state index >= 15 is 0 Å². The number of ether oxygens (including phenoxy) is 1. The number of allylic oxidation sites excluding steroid dienone is 1. The van der Waals surface area contributed by atoms with Crippen molar-refractivity contribution in [1.82, 2.24) is 0 Å². The zero-order valence-electron chi connectivity index (χ0n) is 15.2. The molecule has 1 N–H and O–H groups in total. The maximum absolute atomic E-state index is 12.9. The summed E-state index contributed by atoms with van der Waals surface area (Å²) in [5.41, 5.74) is 2.37. The molecule has 0 spiro atoms. The van der Waals surface area contributed by atoms with Gasteiger partial charge in [-0.25, -0.2) is 8.42 Å². The van der Waals surface area contributed by atoms with Crippen molar-refractivity contribution in [1.29, 1.82) is 0 Å². The molecular formula is C19H19ClF2N2O3S. The average molecular weight is 429 g/mol. The van der Waals surface area contributed by atoms with E-state index in [9.17, 15) is 17.2 Å². The molecule has 0 unspecified atom stereocenters. The van der Waals surface area contributed by atoms with Crippen LogP contribution in [0.1, 0.15) is 17.5 Å². The highest BCUT2D eigenvalue weighted by atomic mass is 35.5. The Kier molecular flexibility index (Phi) is 5.81. The lowest BCUT2D eigenvalue weighted by Gasteiger charge is -2.22. The van der Waals surface area contributed by atoms with E-state index in [4.69, 9.17) is 11.6 Å². The van der Waals surface area contributed by atoms with Gasteiger partial charge in [-0.3, -0.25) is 4.72 Å². The van der Waals surface area contributed by atoms with Crippen LogP contribution in [0.15, 0.2) is 41.3 Å². The number of aryl methyl sites for hydroxylation is 1. The molecule has 0 saturated carbocycles. The van der Waals surface area contributed by atoms with Crippen molar-refractivity contribution in [3.63, 3.8) is 0 Å². The Hall–Kier alpha value is -2.32. The van der Waals surface area contributed by atoms with Crippen molar-refractivity contribution in [3.05, 3.63) is 57.5 Å². The molecule has 2 aromatic rings. The van der Waals surface area contributed by atoms with E-state index in [0.717, 1.165) is 5.56 Å². The van der Waals surface area contributed by atoms with Gasteiger partial charge in [0.2, 0.25) is 0 Å². The minimum atomic E-state index is -3.81. The molecular weight excluding hydrogens is 410 g/mol. The third-order valence-electron chi connectivity index (χ3n) is 4.32. The molecule has 0 radical (unpaired) electrons. The minimum Gasteiger partial charge on any atom is -0.435 e. The quantitative estimate of drug-likeness (QED) is 0.722. The van der Waals surface area contributed by atoms with E-state index in [1.54, 1.807) is 49.3 Å². The fraction of sp³-hybridized carbons (Fsp3) is 0.263. The van der Waals surface area contributed by atoms with Gasteiger partial charge in [0.15, 0.2) is 0 Å². The predicted molar refractivity (Wildman–Crippen MR) is 108 cm³/mol. The fourth-order valence-electron chi connectivity index (χ4n) is 3.09. The lowest BCUT2D eigenvalue weighted by molar-refractivity contribution is -0.0498. The third-order valence-corrected chi connectivity index (χ3v) is 6.13. The zero-order valence-corrected chi connectivity index (χ0v) is 16.8. The van der Waals surface area contributed by atoms with Gasteiger partial charge in [0.1, 0.15) is 5.75 Å². The van der Waals surface area contributed by atoms with Gasteiger partial charge in [-0.05, 0) is 54.3 Å². The first-order valence-corrected chi connectivity index (χ1v) is 10.3. The van der Waals surface area contributed by atoms with Crippen molar-refractivity contribution < 1.29 is 21.9 Å². The molecule has 150 valence electrons. The van der Waals surface area contributed by atoms with Gasteiger partial charge < -0.3 is 9.64 Å². The highest BCUT2D eigenvalue weighted by molar-refractivity contribution is 7.96. The van der Waals surface area contributed by atoms with Crippen molar-refractivity contribution in [2.45, 2.75) is 19.5 Å². The van der Waals surface area contributed by atoms with Crippen LogP contribution in [0.25, 0.3) is 6.08 Å². The van der Waals surface area contributed by atoms with Crippen molar-refractivity contribution in [2.75, 3.05) is 23.7 Å². The van der Waals surface area contributed by atoms with E-state index in [1.807, 2.05) is 0 Å². The van der Waals surface area contributed by atoms with Gasteiger partial charge in [0, 0.05) is 14.1 Å². The normalized spacial score (nSPS) is 13.7. The van der Waals surface area contributed by atoms with Crippen molar-refractivity contribution >= 4 is 39.1 Å². The Balaban J connectivity index is 1.90. The first-order chi connectivity index (χ1) is 13.2. The minimum absolute atomic E-state index is 0.0566. The number of alkyl halides is 2. The lowest BCUT2D eigenvalue weighted by Crippen LogP contribution is -2.20. The summed E-state index contributed by atoms with van der Waals surface area (Å²) in [4.78, 5) is 1.95. The van der Waals surface area contributed by atoms with Crippen molar-refractivity contribution in [3.8, 4) is 5.75 Å². The second-order valence-corrected chi connectivity index (χ2v) is 8.63. The van der Waals surface area contributed by atoms with Crippen LogP contribution in [0.2, 0.25) is 5.02 Å². The summed E-state index contributed by atoms with van der Waals surface area (Å²) in [5, 5.41) is 0.430. The summed E-state index contributed by atoms with van der Waals surface area (Å²) in [6, 6.07) is 9.48. The van der Waals surface area contributed by atoms with E-state index in [0.29, 0.717) is 28.4 Å². The standard InChI is InChI=1S/C19H19ClF2N2O3S/c1-24(2)18-16(20)4-3-5-17(18)23-28(25,26)15-9-7-12-10-14(27-19(21)22)8-6-13(12)11-15/h3-6,8,10-11,19,23H,7,9H2,1-2H3. The number of nitrogens with one attached hydrogen (secondary N) is 1. The zero-order chi connectivity index (χ0) is 20.5. The van der Waals surface area contributed by atoms with Crippen LogP contribution < -0.4 is 14.4 Å². The van der Waals surface area contributed by atoms with Crippen LogP contribution in [-0.2, 0) is 16.4 Å². The number of fused-ring (bicyclic) bond motifs is 1. The third kappa shape index (κ3) is 4.39. The van der Waals surface area contributed by atoms with E-state index < -0.39 is 16.6 Å². The number of benzene rings is 2. The first-order valence-electron chi connectivity index (χ1n) is 8.44. The summed E-state index contributed by atoms with van der Waals surface area (Å²) >= 11 is 6.20. The molecule has 2 aromatic carbocycles. The van der Waals surface area contributed by atoms with Crippen LogP contribution in [0.5, 0.6) is 5.75 Å². The average Bonchev–Trinajstić information content (AvgIpc) is 2.60. The lowest BCUT2D eigenvalue weighted by atomic mass is 9.97. The first kappa shape index (κ1) is 20.4. The van der Waals surface area contributed by atoms with Gasteiger partial charge in [-0.2, -0.15) is 8.78 Å². The Labute approximate surface area is 167 Å². The summed E-state index contributed by atoms with van der Waals surface area (Å²) < 4.78 is 57.5. The Morgan fingerprint density at radius 1 is 1.18 bits per heavy atom. The van der Waals surface area contributed by atoms with E-state index in [1.165, 1.54) is 12.1 Å². The van der Waals surface area contributed by atoms with Crippen LogP contribution in [0.3, 0.4) is 0 Å². The second kappa shape index (κ2) is 7.97. The van der Waals surface area contributed by atoms with Gasteiger partial charge in [0.05, 0.1) is 21.3 Å². The van der Waals surface area contributed by atoms with Crippen LogP contribution in [0.4, 0.5) is 20.2 Å². The number of para-hydroxylation sites is 1. The molecule has 0 atom stereocenters. The number of nitrogens with zero attached hydrogens (tertiary/aromatic N) is 1. The molecule has 0 aromatic heterocycles. The molecule has 28 heavy (non-hydrogen) atoms. The number of halogens is 3. The van der Waals surface area contributed by atoms with E-state index in [2.05, 4.69) is 9.46 Å². The SMILES string of the molecule is CN(C)c1c(Cl)cccc1NS(=O)(=O)C1=Cc2ccc(OC(F)F)cc2CC1. The molecule has 0 fully saturated rings. The molecule has 0 saturated heterocycles. The number of sulfonamides is 1. The van der Waals surface area contributed by atoms with Gasteiger partial charge >= 0.3 is 6.61 Å².